The molecule has 9 nitrogen and oxygen atoms in total. The smallest absolute Gasteiger partial charge is 0.307 e. The fourth-order valence-electron chi connectivity index (χ4n) is 3.76. The Morgan fingerprint density at radius 3 is 2.43 bits per heavy atom. The molecule has 4 rings (SSSR count). The molecule has 2 aromatic carbocycles. The van der Waals surface area contributed by atoms with Crippen molar-refractivity contribution in [3.05, 3.63) is 70.9 Å². The van der Waals surface area contributed by atoms with Crippen LogP contribution in [0, 0.1) is 0 Å². The Bertz CT molecular complexity index is 1100. The Kier molecular flexibility index (Phi) is 9.37. The summed E-state index contributed by atoms with van der Waals surface area (Å²) < 4.78 is 10.1. The maximum absolute atomic E-state index is 10.7. The summed E-state index contributed by atoms with van der Waals surface area (Å²) in [4.78, 5) is 25.2. The number of piperazine rings is 1. The van der Waals surface area contributed by atoms with Crippen LogP contribution in [0.2, 0.25) is 5.02 Å². The van der Waals surface area contributed by atoms with Crippen molar-refractivity contribution in [2.75, 3.05) is 48.3 Å². The fraction of sp³-hybridized carbons (Fsp3) is 0.320. The molecule has 0 spiro atoms. The van der Waals surface area contributed by atoms with Crippen LogP contribution in [-0.2, 0) is 20.7 Å². The van der Waals surface area contributed by atoms with E-state index in [1.54, 1.807) is 19.2 Å². The second-order valence-corrected chi connectivity index (χ2v) is 8.31. The van der Waals surface area contributed by atoms with Crippen molar-refractivity contribution in [1.82, 2.24) is 5.16 Å². The first-order chi connectivity index (χ1) is 16.9. The predicted octanol–water partition coefficient (Wildman–Crippen LogP) is 4.24. The zero-order chi connectivity index (χ0) is 25.2. The molecule has 2 heterocycles. The number of nitrogens with one attached hydrogen (secondary N) is 1. The Hall–Kier alpha value is -3.72. The van der Waals surface area contributed by atoms with Crippen LogP contribution < -0.4 is 15.1 Å². The summed E-state index contributed by atoms with van der Waals surface area (Å²) in [6, 6.07) is 15.0. The number of halogens is 1. The Morgan fingerprint density at radius 1 is 1.17 bits per heavy atom. The zero-order valence-electron chi connectivity index (χ0n) is 19.7. The summed E-state index contributed by atoms with van der Waals surface area (Å²) in [6.07, 6.45) is 1.46. The largest absolute Gasteiger partial charge is 0.481 e. The van der Waals surface area contributed by atoms with Gasteiger partial charge in [0.15, 0.2) is 0 Å². The number of carboxylic acid groups (broad SMARTS) is 1. The lowest BCUT2D eigenvalue weighted by molar-refractivity contribution is -0.136. The average molecular weight is 501 g/mol. The number of aromatic nitrogens is 1. The number of carbonyl (C=O) groups is 2. The van der Waals surface area contributed by atoms with Gasteiger partial charge in [-0.15, -0.1) is 0 Å². The highest BCUT2D eigenvalue weighted by Crippen LogP contribution is 2.27. The molecule has 0 amide bonds. The number of carboxylic acids is 1. The summed E-state index contributed by atoms with van der Waals surface area (Å²) in [5.74, 6) is -0.0253. The molecule has 1 unspecified atom stereocenters. The number of carbonyl (C=O) groups excluding carboxylic acids is 1. The van der Waals surface area contributed by atoms with E-state index in [0.717, 1.165) is 54.6 Å². The third kappa shape index (κ3) is 7.13. The molecule has 0 aliphatic carbocycles. The van der Waals surface area contributed by atoms with E-state index in [9.17, 15) is 9.59 Å². The van der Waals surface area contributed by atoms with Gasteiger partial charge in [-0.05, 0) is 30.7 Å². The second kappa shape index (κ2) is 12.7. The van der Waals surface area contributed by atoms with Gasteiger partial charge in [0.2, 0.25) is 0 Å². The van der Waals surface area contributed by atoms with Gasteiger partial charge >= 0.3 is 5.97 Å². The monoisotopic (exact) mass is 500 g/mol. The summed E-state index contributed by atoms with van der Waals surface area (Å²) in [7, 11) is 1.85. The highest BCUT2D eigenvalue weighted by Gasteiger charge is 2.22. The minimum absolute atomic E-state index is 0.0619. The number of nitrogens with zero attached hydrogens (tertiary/aromatic N) is 3. The van der Waals surface area contributed by atoms with Gasteiger partial charge < -0.3 is 29.5 Å². The molecule has 1 fully saturated rings. The maximum Gasteiger partial charge on any atom is 0.307 e. The van der Waals surface area contributed by atoms with Crippen molar-refractivity contribution in [2.45, 2.75) is 19.4 Å². The van der Waals surface area contributed by atoms with Crippen LogP contribution in [0.25, 0.3) is 0 Å². The predicted molar refractivity (Wildman–Crippen MR) is 135 cm³/mol. The molecule has 1 aliphatic heterocycles. The summed E-state index contributed by atoms with van der Waals surface area (Å²) in [5.41, 5.74) is 3.66. The third-order valence-electron chi connectivity index (χ3n) is 5.65. The van der Waals surface area contributed by atoms with E-state index < -0.39 is 5.97 Å². The standard InChI is InChI=1S/C16H20N4O3.C9H9ClO2/c1-17-14-11-18-23-16(14)20-8-6-19(7-9-20)13-4-2-12(3-5-13)10-15(21)22;1-7(12-6-11)8-4-2-3-5-9(8)10/h2-5,11,17H,6-10H2,1H3,(H,21,22);2-7H,1H3. The van der Waals surface area contributed by atoms with Crippen LogP contribution >= 0.6 is 11.6 Å². The molecule has 1 aromatic heterocycles. The van der Waals surface area contributed by atoms with E-state index in [2.05, 4.69) is 20.3 Å². The van der Waals surface area contributed by atoms with Gasteiger partial charge in [-0.1, -0.05) is 47.1 Å². The number of benzene rings is 2. The van der Waals surface area contributed by atoms with Crippen molar-refractivity contribution in [2.24, 2.45) is 0 Å². The number of aliphatic carboxylic acids is 1. The SMILES string of the molecule is CC(OC=O)c1ccccc1Cl.CNc1cnoc1N1CCN(c2ccc(CC(=O)O)cc2)CC1. The molecule has 3 aromatic rings. The van der Waals surface area contributed by atoms with Gasteiger partial charge in [-0.2, -0.15) is 0 Å². The summed E-state index contributed by atoms with van der Waals surface area (Å²) >= 11 is 5.86. The molecule has 0 radical (unpaired) electrons. The highest BCUT2D eigenvalue weighted by molar-refractivity contribution is 6.31. The molecular weight excluding hydrogens is 472 g/mol. The van der Waals surface area contributed by atoms with Gasteiger partial charge in [0.05, 0.1) is 12.6 Å². The van der Waals surface area contributed by atoms with Gasteiger partial charge in [-0.3, -0.25) is 9.59 Å². The van der Waals surface area contributed by atoms with E-state index in [-0.39, 0.29) is 12.5 Å². The van der Waals surface area contributed by atoms with Gasteiger partial charge in [0.1, 0.15) is 11.8 Å². The Balaban J connectivity index is 0.000000241. The highest BCUT2D eigenvalue weighted by atomic mass is 35.5. The van der Waals surface area contributed by atoms with Gasteiger partial charge in [0, 0.05) is 49.5 Å². The molecule has 0 saturated carbocycles. The van der Waals surface area contributed by atoms with Crippen molar-refractivity contribution in [3.63, 3.8) is 0 Å². The molecule has 0 bridgehead atoms. The Morgan fingerprint density at radius 2 is 1.83 bits per heavy atom. The van der Waals surface area contributed by atoms with Gasteiger partial charge in [-0.25, -0.2) is 0 Å². The van der Waals surface area contributed by atoms with Crippen LogP contribution in [0.4, 0.5) is 17.3 Å². The number of ether oxygens (including phenoxy) is 1. The topological polar surface area (TPSA) is 108 Å². The van der Waals surface area contributed by atoms with Crippen molar-refractivity contribution < 1.29 is 24.0 Å². The van der Waals surface area contributed by atoms with Crippen LogP contribution in [0.1, 0.15) is 24.2 Å². The molecule has 1 atom stereocenters. The molecule has 2 N–H and O–H groups in total. The lowest BCUT2D eigenvalue weighted by Crippen LogP contribution is -2.46. The first-order valence-corrected chi connectivity index (χ1v) is 11.6. The molecule has 10 heteroatoms. The molecule has 186 valence electrons. The molecule has 35 heavy (non-hydrogen) atoms. The first-order valence-electron chi connectivity index (χ1n) is 11.2. The fourth-order valence-corrected chi connectivity index (χ4v) is 4.05. The van der Waals surface area contributed by atoms with Crippen molar-refractivity contribution >= 4 is 41.3 Å². The normalized spacial score (nSPS) is 13.9. The number of hydrogen-bond donors (Lipinski definition) is 2. The second-order valence-electron chi connectivity index (χ2n) is 7.90. The van der Waals surface area contributed by atoms with Crippen LogP contribution in [0.5, 0.6) is 0 Å². The van der Waals surface area contributed by atoms with Crippen molar-refractivity contribution in [1.29, 1.82) is 0 Å². The number of hydrogen-bond acceptors (Lipinski definition) is 8. The lowest BCUT2D eigenvalue weighted by Gasteiger charge is -2.36. The third-order valence-corrected chi connectivity index (χ3v) is 5.99. The number of anilines is 3. The van der Waals surface area contributed by atoms with Crippen LogP contribution in [-0.4, -0.2) is 55.9 Å². The van der Waals surface area contributed by atoms with E-state index >= 15 is 0 Å². The minimum atomic E-state index is -0.807. The van der Waals surface area contributed by atoms with E-state index in [1.807, 2.05) is 49.5 Å². The maximum atomic E-state index is 10.7. The van der Waals surface area contributed by atoms with Crippen LogP contribution in [0.15, 0.2) is 59.3 Å². The summed E-state index contributed by atoms with van der Waals surface area (Å²) in [6.45, 7) is 5.65. The summed E-state index contributed by atoms with van der Waals surface area (Å²) in [5, 5.41) is 16.3. The molecular formula is C25H29ClN4O5. The van der Waals surface area contributed by atoms with Crippen molar-refractivity contribution in [3.8, 4) is 0 Å². The van der Waals surface area contributed by atoms with Gasteiger partial charge in [0.25, 0.3) is 12.4 Å². The van der Waals surface area contributed by atoms with E-state index in [4.69, 9.17) is 26.0 Å². The van der Waals surface area contributed by atoms with E-state index in [1.165, 1.54) is 0 Å². The minimum Gasteiger partial charge on any atom is -0.481 e. The quantitative estimate of drug-likeness (QED) is 0.439. The molecule has 1 aliphatic rings. The number of rotatable bonds is 8. The average Bonchev–Trinajstić information content (AvgIpc) is 3.34. The van der Waals surface area contributed by atoms with E-state index in [0.29, 0.717) is 11.5 Å². The molecule has 1 saturated heterocycles. The zero-order valence-corrected chi connectivity index (χ0v) is 20.4. The lowest BCUT2D eigenvalue weighted by atomic mass is 10.1. The van der Waals surface area contributed by atoms with Crippen LogP contribution in [0.3, 0.4) is 0 Å². The first kappa shape index (κ1) is 25.9. The Labute approximate surface area is 209 Å².